The van der Waals surface area contributed by atoms with Crippen LogP contribution >= 0.6 is 55.2 Å². The molecule has 4 rings (SSSR count). The fraction of sp³-hybridized carbons (Fsp3) is 0.120. The number of hydrogen-bond donors (Lipinski definition) is 1. The lowest BCUT2D eigenvalue weighted by atomic mass is 10.1. The van der Waals surface area contributed by atoms with Gasteiger partial charge < -0.3 is 10.1 Å². The second-order valence-electron chi connectivity index (χ2n) is 7.60. The minimum atomic E-state index is -0.301. The second-order valence-corrected chi connectivity index (χ2v) is 10.7. The molecule has 0 aromatic heterocycles. The number of halogens is 4. The zero-order valence-corrected chi connectivity index (χ0v) is 22.8. The van der Waals surface area contributed by atoms with Crippen LogP contribution in [0.25, 0.3) is 6.08 Å². The van der Waals surface area contributed by atoms with Gasteiger partial charge in [0.2, 0.25) is 0 Å². The van der Waals surface area contributed by atoms with Crippen molar-refractivity contribution in [2.75, 3.05) is 0 Å². The lowest BCUT2D eigenvalue weighted by molar-refractivity contribution is -0.115. The highest BCUT2D eigenvalue weighted by atomic mass is 79.9. The number of ether oxygens (including phenoxy) is 1. The van der Waals surface area contributed by atoms with Gasteiger partial charge in [0, 0.05) is 4.47 Å². The summed E-state index contributed by atoms with van der Waals surface area (Å²) in [6, 6.07) is 13.5. The summed E-state index contributed by atoms with van der Waals surface area (Å²) in [5, 5.41) is 3.71. The van der Waals surface area contributed by atoms with Crippen molar-refractivity contribution >= 4 is 78.1 Å². The van der Waals surface area contributed by atoms with Gasteiger partial charge in [0.05, 0.1) is 20.1 Å². The van der Waals surface area contributed by atoms with E-state index >= 15 is 0 Å². The Morgan fingerprint density at radius 1 is 1.12 bits per heavy atom. The highest BCUT2D eigenvalue weighted by Crippen LogP contribution is 2.37. The number of benzene rings is 3. The molecule has 1 aliphatic rings. The molecule has 0 saturated carbocycles. The van der Waals surface area contributed by atoms with E-state index in [1.165, 1.54) is 23.9 Å². The molecular formula is C25H18Br2ClFN2O2S. The van der Waals surface area contributed by atoms with E-state index < -0.39 is 0 Å². The minimum Gasteiger partial charge on any atom is -0.486 e. The number of carbonyl (C=O) groups is 1. The van der Waals surface area contributed by atoms with Crippen LogP contribution in [0.1, 0.15) is 22.3 Å². The van der Waals surface area contributed by atoms with Gasteiger partial charge in [-0.1, -0.05) is 39.7 Å². The van der Waals surface area contributed by atoms with Crippen LogP contribution in [0.2, 0.25) is 5.02 Å². The topological polar surface area (TPSA) is 50.7 Å². The Balaban J connectivity index is 1.51. The lowest BCUT2D eigenvalue weighted by Gasteiger charge is -2.11. The first-order chi connectivity index (χ1) is 16.2. The van der Waals surface area contributed by atoms with Crippen molar-refractivity contribution in [3.05, 3.63) is 95.5 Å². The number of nitrogens with one attached hydrogen (secondary N) is 1. The van der Waals surface area contributed by atoms with Crippen molar-refractivity contribution in [2.24, 2.45) is 4.99 Å². The molecular weight excluding hydrogens is 607 g/mol. The van der Waals surface area contributed by atoms with E-state index in [2.05, 4.69) is 42.2 Å². The van der Waals surface area contributed by atoms with Crippen molar-refractivity contribution in [1.29, 1.82) is 0 Å². The van der Waals surface area contributed by atoms with Crippen LogP contribution < -0.4 is 10.1 Å². The van der Waals surface area contributed by atoms with Crippen molar-refractivity contribution in [3.8, 4) is 5.75 Å². The number of rotatable bonds is 5. The molecule has 174 valence electrons. The summed E-state index contributed by atoms with van der Waals surface area (Å²) >= 11 is 14.8. The molecule has 4 nitrogen and oxygen atoms in total. The molecule has 1 amide bonds. The van der Waals surface area contributed by atoms with Gasteiger partial charge in [-0.15, -0.1) is 0 Å². The van der Waals surface area contributed by atoms with Crippen LogP contribution in [0.15, 0.2) is 67.4 Å². The van der Waals surface area contributed by atoms with Crippen molar-refractivity contribution in [1.82, 2.24) is 5.32 Å². The number of aryl methyl sites for hydroxylation is 2. The molecule has 0 bridgehead atoms. The molecule has 0 atom stereocenters. The van der Waals surface area contributed by atoms with E-state index in [0.29, 0.717) is 25.3 Å². The Labute approximate surface area is 222 Å². The molecule has 3 aromatic carbocycles. The smallest absolute Gasteiger partial charge is 0.264 e. The first-order valence-corrected chi connectivity index (χ1v) is 12.9. The first kappa shape index (κ1) is 25.0. The molecule has 1 heterocycles. The van der Waals surface area contributed by atoms with Crippen molar-refractivity contribution in [2.45, 2.75) is 20.5 Å². The molecule has 1 N–H and O–H groups in total. The molecule has 0 spiro atoms. The normalized spacial score (nSPS) is 15.8. The SMILES string of the molecule is Cc1cc(N=C2NC(=O)/C(=C/c3cc(Cl)c(OCc4ccc(F)cc4)c(Br)c3)S2)cc(C)c1Br. The predicted octanol–water partition coefficient (Wildman–Crippen LogP) is 8.09. The van der Waals surface area contributed by atoms with Crippen LogP contribution in [0.4, 0.5) is 10.1 Å². The van der Waals surface area contributed by atoms with E-state index in [-0.39, 0.29) is 18.3 Å². The molecule has 0 radical (unpaired) electrons. The van der Waals surface area contributed by atoms with E-state index in [1.54, 1.807) is 24.3 Å². The van der Waals surface area contributed by atoms with Gasteiger partial charge in [0.25, 0.3) is 5.91 Å². The number of hydrogen-bond acceptors (Lipinski definition) is 4. The minimum absolute atomic E-state index is 0.224. The Bertz CT molecular complexity index is 1300. The quantitative estimate of drug-likeness (QED) is 0.292. The van der Waals surface area contributed by atoms with Gasteiger partial charge in [-0.25, -0.2) is 9.38 Å². The molecule has 0 unspecified atom stereocenters. The Hall–Kier alpha value is -2.13. The monoisotopic (exact) mass is 622 g/mol. The maximum Gasteiger partial charge on any atom is 0.264 e. The number of amidine groups is 1. The van der Waals surface area contributed by atoms with E-state index in [4.69, 9.17) is 16.3 Å². The summed E-state index contributed by atoms with van der Waals surface area (Å²) in [6.45, 7) is 4.24. The maximum atomic E-state index is 13.1. The summed E-state index contributed by atoms with van der Waals surface area (Å²) in [5.41, 5.74) is 4.48. The number of aliphatic imine (C=N–C) groups is 1. The predicted molar refractivity (Wildman–Crippen MR) is 144 cm³/mol. The van der Waals surface area contributed by atoms with Crippen molar-refractivity contribution in [3.63, 3.8) is 0 Å². The first-order valence-electron chi connectivity index (χ1n) is 10.1. The van der Waals surface area contributed by atoms with Crippen LogP contribution in [0.3, 0.4) is 0 Å². The number of thioether (sulfide) groups is 1. The fourth-order valence-corrected chi connectivity index (χ4v) is 5.33. The highest BCUT2D eigenvalue weighted by molar-refractivity contribution is 9.10. The average molecular weight is 625 g/mol. The van der Waals surface area contributed by atoms with Gasteiger partial charge in [0.1, 0.15) is 12.4 Å². The van der Waals surface area contributed by atoms with Gasteiger partial charge >= 0.3 is 0 Å². The van der Waals surface area contributed by atoms with E-state index in [0.717, 1.165) is 32.4 Å². The zero-order chi connectivity index (χ0) is 24.4. The van der Waals surface area contributed by atoms with Crippen LogP contribution in [0, 0.1) is 19.7 Å². The number of carbonyl (C=O) groups excluding carboxylic acids is 1. The third-order valence-corrected chi connectivity index (χ3v) is 7.95. The fourth-order valence-electron chi connectivity index (χ4n) is 3.27. The number of amides is 1. The van der Waals surface area contributed by atoms with E-state index in [9.17, 15) is 9.18 Å². The molecule has 0 aliphatic carbocycles. The average Bonchev–Trinajstić information content (AvgIpc) is 3.11. The Kier molecular flexibility index (Phi) is 7.82. The molecule has 1 aliphatic heterocycles. The molecule has 3 aromatic rings. The number of nitrogens with zero attached hydrogens (tertiary/aromatic N) is 1. The van der Waals surface area contributed by atoms with Crippen LogP contribution in [-0.2, 0) is 11.4 Å². The highest BCUT2D eigenvalue weighted by Gasteiger charge is 2.24. The summed E-state index contributed by atoms with van der Waals surface area (Å²) in [4.78, 5) is 17.6. The molecule has 9 heteroatoms. The third-order valence-electron chi connectivity index (χ3n) is 4.92. The summed E-state index contributed by atoms with van der Waals surface area (Å²) in [7, 11) is 0. The standard InChI is InChI=1S/C25H18Br2ClFN2O2S/c1-13-7-18(8-14(2)22(13)27)30-25-31-24(32)21(34-25)11-16-9-19(26)23(20(28)10-16)33-12-15-3-5-17(29)6-4-15/h3-11H,12H2,1-2H3,(H,30,31,32)/b21-11-. The van der Waals surface area contributed by atoms with Crippen molar-refractivity contribution < 1.29 is 13.9 Å². The summed E-state index contributed by atoms with van der Waals surface area (Å²) < 4.78 is 20.6. The lowest BCUT2D eigenvalue weighted by Crippen LogP contribution is -2.19. The van der Waals surface area contributed by atoms with E-state index in [1.807, 2.05) is 32.0 Å². The van der Waals surface area contributed by atoms with Gasteiger partial charge in [-0.05, 0) is 106 Å². The van der Waals surface area contributed by atoms with Gasteiger partial charge in [0.15, 0.2) is 10.9 Å². The summed E-state index contributed by atoms with van der Waals surface area (Å²) in [5.74, 6) is -0.0532. The largest absolute Gasteiger partial charge is 0.486 e. The Morgan fingerprint density at radius 3 is 2.44 bits per heavy atom. The molecule has 1 fully saturated rings. The van der Waals surface area contributed by atoms with Crippen LogP contribution in [-0.4, -0.2) is 11.1 Å². The second kappa shape index (κ2) is 10.6. The summed E-state index contributed by atoms with van der Waals surface area (Å²) in [6.07, 6.45) is 1.75. The van der Waals surface area contributed by atoms with Crippen LogP contribution in [0.5, 0.6) is 5.75 Å². The zero-order valence-electron chi connectivity index (χ0n) is 18.1. The Morgan fingerprint density at radius 2 is 1.79 bits per heavy atom. The molecule has 34 heavy (non-hydrogen) atoms. The third kappa shape index (κ3) is 5.92. The maximum absolute atomic E-state index is 13.1. The van der Waals surface area contributed by atoms with Gasteiger partial charge in [-0.2, -0.15) is 0 Å². The molecule has 1 saturated heterocycles. The van der Waals surface area contributed by atoms with Gasteiger partial charge in [-0.3, -0.25) is 4.79 Å².